The van der Waals surface area contributed by atoms with E-state index in [9.17, 15) is 0 Å². The Morgan fingerprint density at radius 3 is 2.07 bits per heavy atom. The summed E-state index contributed by atoms with van der Waals surface area (Å²) < 4.78 is 16.9. The quantitative estimate of drug-likeness (QED) is 0.657. The van der Waals surface area contributed by atoms with E-state index >= 15 is 0 Å². The summed E-state index contributed by atoms with van der Waals surface area (Å²) in [7, 11) is 0. The molecule has 5 heteroatoms. The number of hydrogen-bond donors (Lipinski definition) is 2. The molecule has 2 heterocycles. The molecule has 0 spiro atoms. The summed E-state index contributed by atoms with van der Waals surface area (Å²) in [6.07, 6.45) is 0. The van der Waals surface area contributed by atoms with Crippen molar-refractivity contribution in [3.05, 3.63) is 83.9 Å². The van der Waals surface area contributed by atoms with Gasteiger partial charge in [-0.2, -0.15) is 0 Å². The maximum Gasteiger partial charge on any atom is 0.231 e. The second-order valence-corrected chi connectivity index (χ2v) is 8.10. The maximum atomic E-state index is 5.99. The van der Waals surface area contributed by atoms with Crippen molar-refractivity contribution < 1.29 is 24.0 Å². The van der Waals surface area contributed by atoms with Crippen LogP contribution in [0.25, 0.3) is 0 Å². The van der Waals surface area contributed by atoms with E-state index in [1.165, 1.54) is 37.3 Å². The number of piperazine rings is 1. The van der Waals surface area contributed by atoms with Gasteiger partial charge in [-0.3, -0.25) is 0 Å². The van der Waals surface area contributed by atoms with Crippen molar-refractivity contribution in [3.8, 4) is 23.0 Å². The van der Waals surface area contributed by atoms with E-state index in [4.69, 9.17) is 14.2 Å². The van der Waals surface area contributed by atoms with Crippen LogP contribution in [0, 0.1) is 0 Å². The van der Waals surface area contributed by atoms with Crippen molar-refractivity contribution in [1.82, 2.24) is 0 Å². The molecule has 3 aromatic rings. The highest BCUT2D eigenvalue weighted by Gasteiger charge is 2.24. The minimum Gasteiger partial charge on any atom is -0.457 e. The SMILES string of the molecule is c1ccc(Oc2cccc(C[NH+]3CC[NH+](Cc4ccc5c(c4)OCO5)CC3)c2)cc1. The Morgan fingerprint density at radius 2 is 1.30 bits per heavy atom. The first-order valence-corrected chi connectivity index (χ1v) is 10.7. The van der Waals surface area contributed by atoms with Gasteiger partial charge in [-0.25, -0.2) is 0 Å². The average molecular weight is 405 g/mol. The fourth-order valence-electron chi connectivity index (χ4n) is 4.28. The molecule has 0 unspecified atom stereocenters. The van der Waals surface area contributed by atoms with E-state index in [0.29, 0.717) is 6.79 Å². The molecule has 0 amide bonds. The normalized spacial score (nSPS) is 20.1. The molecule has 5 rings (SSSR count). The number of fused-ring (bicyclic) bond motifs is 1. The molecule has 1 fully saturated rings. The fourth-order valence-corrected chi connectivity index (χ4v) is 4.28. The molecule has 0 atom stereocenters. The predicted octanol–water partition coefficient (Wildman–Crippen LogP) is 1.69. The van der Waals surface area contributed by atoms with Crippen molar-refractivity contribution in [2.75, 3.05) is 33.0 Å². The Hall–Kier alpha value is -3.02. The summed E-state index contributed by atoms with van der Waals surface area (Å²) in [5.74, 6) is 3.53. The average Bonchev–Trinajstić information content (AvgIpc) is 3.24. The van der Waals surface area contributed by atoms with Crippen LogP contribution in [-0.4, -0.2) is 33.0 Å². The first-order valence-electron chi connectivity index (χ1n) is 10.7. The molecule has 2 aliphatic rings. The van der Waals surface area contributed by atoms with Gasteiger partial charge in [0.05, 0.1) is 0 Å². The van der Waals surface area contributed by atoms with Crippen LogP contribution in [0.1, 0.15) is 11.1 Å². The highest BCUT2D eigenvalue weighted by atomic mass is 16.7. The van der Waals surface area contributed by atoms with E-state index in [2.05, 4.69) is 30.3 Å². The lowest BCUT2D eigenvalue weighted by Gasteiger charge is -2.30. The summed E-state index contributed by atoms with van der Waals surface area (Å²) >= 11 is 0. The zero-order valence-electron chi connectivity index (χ0n) is 17.1. The number of benzene rings is 3. The van der Waals surface area contributed by atoms with Crippen LogP contribution < -0.4 is 24.0 Å². The lowest BCUT2D eigenvalue weighted by Crippen LogP contribution is -3.27. The molecule has 2 N–H and O–H groups in total. The summed E-state index contributed by atoms with van der Waals surface area (Å²) in [4.78, 5) is 3.28. The number of rotatable bonds is 6. The van der Waals surface area contributed by atoms with Crippen LogP contribution in [0.2, 0.25) is 0 Å². The van der Waals surface area contributed by atoms with Gasteiger partial charge < -0.3 is 24.0 Å². The van der Waals surface area contributed by atoms with Gasteiger partial charge in [0.2, 0.25) is 6.79 Å². The monoisotopic (exact) mass is 404 g/mol. The summed E-state index contributed by atoms with van der Waals surface area (Å²) in [5.41, 5.74) is 2.65. The van der Waals surface area contributed by atoms with E-state index in [-0.39, 0.29) is 0 Å². The summed E-state index contributed by atoms with van der Waals surface area (Å²) in [6, 6.07) is 24.8. The van der Waals surface area contributed by atoms with Gasteiger partial charge in [0.15, 0.2) is 11.5 Å². The zero-order valence-corrected chi connectivity index (χ0v) is 17.1. The Balaban J connectivity index is 1.13. The maximum absolute atomic E-state index is 5.99. The molecule has 3 aromatic carbocycles. The number of hydrogen-bond acceptors (Lipinski definition) is 3. The van der Waals surface area contributed by atoms with Crippen LogP contribution in [0.15, 0.2) is 72.8 Å². The zero-order chi connectivity index (χ0) is 20.2. The molecule has 2 aliphatic heterocycles. The smallest absolute Gasteiger partial charge is 0.231 e. The molecule has 0 aliphatic carbocycles. The topological polar surface area (TPSA) is 36.6 Å². The Bertz CT molecular complexity index is 985. The van der Waals surface area contributed by atoms with Crippen molar-refractivity contribution in [3.63, 3.8) is 0 Å². The molecule has 5 nitrogen and oxygen atoms in total. The van der Waals surface area contributed by atoms with Crippen LogP contribution in [0.5, 0.6) is 23.0 Å². The lowest BCUT2D eigenvalue weighted by atomic mass is 10.1. The number of ether oxygens (including phenoxy) is 3. The third kappa shape index (κ3) is 4.58. The highest BCUT2D eigenvalue weighted by molar-refractivity contribution is 5.44. The van der Waals surface area contributed by atoms with E-state index in [1.54, 1.807) is 9.80 Å². The molecule has 30 heavy (non-hydrogen) atoms. The first kappa shape index (κ1) is 19.0. The molecule has 0 radical (unpaired) electrons. The van der Waals surface area contributed by atoms with Gasteiger partial charge in [-0.15, -0.1) is 0 Å². The largest absolute Gasteiger partial charge is 0.457 e. The molecule has 154 valence electrons. The Kier molecular flexibility index (Phi) is 5.55. The molecule has 1 saturated heterocycles. The number of para-hydroxylation sites is 1. The predicted molar refractivity (Wildman–Crippen MR) is 114 cm³/mol. The molecular formula is C25H28N2O3+2. The van der Waals surface area contributed by atoms with Crippen molar-refractivity contribution in [2.45, 2.75) is 13.1 Å². The second kappa shape index (κ2) is 8.78. The minimum atomic E-state index is 0.339. The molecular weight excluding hydrogens is 376 g/mol. The summed E-state index contributed by atoms with van der Waals surface area (Å²) in [6.45, 7) is 7.17. The van der Waals surface area contributed by atoms with Crippen LogP contribution in [0.4, 0.5) is 0 Å². The van der Waals surface area contributed by atoms with Gasteiger partial charge in [-0.1, -0.05) is 30.3 Å². The van der Waals surface area contributed by atoms with Crippen molar-refractivity contribution in [2.24, 2.45) is 0 Å². The van der Waals surface area contributed by atoms with Crippen LogP contribution in [-0.2, 0) is 13.1 Å². The number of nitrogens with one attached hydrogen (secondary N) is 2. The van der Waals surface area contributed by atoms with Gasteiger partial charge in [0, 0.05) is 11.1 Å². The van der Waals surface area contributed by atoms with Gasteiger partial charge in [-0.05, 0) is 42.5 Å². The lowest BCUT2D eigenvalue weighted by molar-refractivity contribution is -1.02. The third-order valence-electron chi connectivity index (χ3n) is 5.89. The van der Waals surface area contributed by atoms with Crippen LogP contribution >= 0.6 is 0 Å². The van der Waals surface area contributed by atoms with Gasteiger partial charge in [0.1, 0.15) is 50.8 Å². The minimum absolute atomic E-state index is 0.339. The van der Waals surface area contributed by atoms with Crippen LogP contribution in [0.3, 0.4) is 0 Å². The summed E-state index contributed by atoms with van der Waals surface area (Å²) in [5, 5.41) is 0. The third-order valence-corrected chi connectivity index (χ3v) is 5.89. The van der Waals surface area contributed by atoms with E-state index in [0.717, 1.165) is 36.1 Å². The van der Waals surface area contributed by atoms with Gasteiger partial charge >= 0.3 is 0 Å². The second-order valence-electron chi connectivity index (χ2n) is 8.10. The highest BCUT2D eigenvalue weighted by Crippen LogP contribution is 2.32. The van der Waals surface area contributed by atoms with Gasteiger partial charge in [0.25, 0.3) is 0 Å². The van der Waals surface area contributed by atoms with E-state index < -0.39 is 0 Å². The standard InChI is InChI=1S/C25H26N2O3/c1-2-6-22(7-3-1)30-23-8-4-5-20(15-23)17-26-11-13-27(14-12-26)18-21-9-10-24-25(16-21)29-19-28-24/h1-10,15-16H,11-14,17-19H2/p+2. The van der Waals surface area contributed by atoms with E-state index in [1.807, 2.05) is 42.5 Å². The first-order chi connectivity index (χ1) is 14.8. The fraction of sp³-hybridized carbons (Fsp3) is 0.280. The van der Waals surface area contributed by atoms with Crippen molar-refractivity contribution >= 4 is 0 Å². The molecule has 0 saturated carbocycles. The molecule has 0 aromatic heterocycles. The Labute approximate surface area is 177 Å². The number of quaternary nitrogens is 2. The Morgan fingerprint density at radius 1 is 0.633 bits per heavy atom. The molecule has 0 bridgehead atoms. The van der Waals surface area contributed by atoms with Crippen molar-refractivity contribution in [1.29, 1.82) is 0 Å².